The van der Waals surface area contributed by atoms with E-state index in [9.17, 15) is 9.59 Å². The SMILES string of the molecule is O=C(C=Cc1cccc(OCCN2CCOCC2)c1)CC(=O)C=Cc1ccc2cc[nH]c2c1. The minimum atomic E-state index is -0.233. The molecule has 0 spiro atoms. The first-order chi connectivity index (χ1) is 16.2. The molecule has 6 heteroatoms. The molecule has 1 aromatic heterocycles. The third kappa shape index (κ3) is 7.00. The van der Waals surface area contributed by atoms with Crippen molar-refractivity contribution in [1.82, 2.24) is 9.88 Å². The third-order valence-corrected chi connectivity index (χ3v) is 5.49. The zero-order valence-electron chi connectivity index (χ0n) is 18.5. The summed E-state index contributed by atoms with van der Waals surface area (Å²) >= 11 is 0. The summed E-state index contributed by atoms with van der Waals surface area (Å²) in [6, 6.07) is 15.5. The second-order valence-corrected chi connectivity index (χ2v) is 7.98. The van der Waals surface area contributed by atoms with E-state index in [1.54, 1.807) is 12.2 Å². The van der Waals surface area contributed by atoms with Gasteiger partial charge in [0.05, 0.1) is 19.6 Å². The summed E-state index contributed by atoms with van der Waals surface area (Å²) in [5, 5.41) is 1.12. The molecule has 0 amide bonds. The minimum Gasteiger partial charge on any atom is -0.492 e. The number of hydrogen-bond donors (Lipinski definition) is 1. The van der Waals surface area contributed by atoms with Gasteiger partial charge < -0.3 is 14.5 Å². The number of nitrogens with zero attached hydrogens (tertiary/aromatic N) is 1. The number of rotatable bonds is 10. The van der Waals surface area contributed by atoms with Gasteiger partial charge in [-0.2, -0.15) is 0 Å². The van der Waals surface area contributed by atoms with Gasteiger partial charge in [0.15, 0.2) is 11.6 Å². The Morgan fingerprint density at radius 1 is 0.970 bits per heavy atom. The Balaban J connectivity index is 1.24. The first kappa shape index (κ1) is 22.7. The van der Waals surface area contributed by atoms with E-state index in [0.29, 0.717) is 6.61 Å². The van der Waals surface area contributed by atoms with Crippen molar-refractivity contribution in [2.24, 2.45) is 0 Å². The number of nitrogens with one attached hydrogen (secondary N) is 1. The number of carbonyl (C=O) groups excluding carboxylic acids is 2. The Morgan fingerprint density at radius 2 is 1.73 bits per heavy atom. The smallest absolute Gasteiger partial charge is 0.163 e. The predicted octanol–water partition coefficient (Wildman–Crippen LogP) is 4.13. The molecule has 2 heterocycles. The van der Waals surface area contributed by atoms with E-state index in [-0.39, 0.29) is 18.0 Å². The zero-order valence-corrected chi connectivity index (χ0v) is 18.5. The van der Waals surface area contributed by atoms with Gasteiger partial charge >= 0.3 is 0 Å². The molecule has 0 bridgehead atoms. The quantitative estimate of drug-likeness (QED) is 0.376. The Labute approximate surface area is 193 Å². The van der Waals surface area contributed by atoms with Crippen LogP contribution in [0.15, 0.2) is 66.9 Å². The summed E-state index contributed by atoms with van der Waals surface area (Å²) in [5.74, 6) is 0.301. The van der Waals surface area contributed by atoms with Crippen LogP contribution in [0.1, 0.15) is 17.5 Å². The average Bonchev–Trinajstić information content (AvgIpc) is 3.30. The van der Waals surface area contributed by atoms with Gasteiger partial charge in [-0.15, -0.1) is 0 Å². The summed E-state index contributed by atoms with van der Waals surface area (Å²) in [4.78, 5) is 29.8. The molecule has 1 aliphatic heterocycles. The number of aromatic nitrogens is 1. The van der Waals surface area contributed by atoms with Crippen LogP contribution in [0.25, 0.3) is 23.1 Å². The third-order valence-electron chi connectivity index (χ3n) is 5.49. The van der Waals surface area contributed by atoms with Gasteiger partial charge in [0.2, 0.25) is 0 Å². The summed E-state index contributed by atoms with van der Waals surface area (Å²) in [7, 11) is 0. The van der Waals surface area contributed by atoms with Gasteiger partial charge in [0, 0.05) is 31.3 Å². The molecule has 1 fully saturated rings. The van der Waals surface area contributed by atoms with E-state index in [2.05, 4.69) is 9.88 Å². The van der Waals surface area contributed by atoms with Crippen LogP contribution in [0.3, 0.4) is 0 Å². The molecule has 0 radical (unpaired) electrons. The van der Waals surface area contributed by atoms with Crippen LogP contribution >= 0.6 is 0 Å². The lowest BCUT2D eigenvalue weighted by Crippen LogP contribution is -2.38. The molecule has 0 unspecified atom stereocenters. The molecule has 0 saturated carbocycles. The van der Waals surface area contributed by atoms with E-state index in [1.165, 1.54) is 12.2 Å². The largest absolute Gasteiger partial charge is 0.492 e. The number of ether oxygens (including phenoxy) is 2. The van der Waals surface area contributed by atoms with Crippen LogP contribution in [0, 0.1) is 0 Å². The molecule has 33 heavy (non-hydrogen) atoms. The van der Waals surface area contributed by atoms with Crippen molar-refractivity contribution >= 4 is 34.6 Å². The Kier molecular flexibility index (Phi) is 7.85. The molecule has 170 valence electrons. The Bertz CT molecular complexity index is 1160. The Morgan fingerprint density at radius 3 is 2.52 bits per heavy atom. The fraction of sp³-hybridized carbons (Fsp3) is 0.259. The highest BCUT2D eigenvalue weighted by molar-refractivity contribution is 6.11. The fourth-order valence-electron chi connectivity index (χ4n) is 3.66. The normalized spacial score (nSPS) is 14.9. The maximum atomic E-state index is 12.2. The number of aromatic amines is 1. The van der Waals surface area contributed by atoms with E-state index < -0.39 is 0 Å². The number of fused-ring (bicyclic) bond motifs is 1. The van der Waals surface area contributed by atoms with Crippen LogP contribution in [-0.4, -0.2) is 60.9 Å². The summed E-state index contributed by atoms with van der Waals surface area (Å²) in [5.41, 5.74) is 2.78. The molecule has 3 aromatic rings. The lowest BCUT2D eigenvalue weighted by atomic mass is 10.1. The van der Waals surface area contributed by atoms with Crippen molar-refractivity contribution < 1.29 is 19.1 Å². The van der Waals surface area contributed by atoms with Crippen LogP contribution in [0.4, 0.5) is 0 Å². The maximum Gasteiger partial charge on any atom is 0.163 e. The highest BCUT2D eigenvalue weighted by Crippen LogP contribution is 2.16. The molecular weight excluding hydrogens is 416 g/mol. The molecule has 1 aliphatic rings. The van der Waals surface area contributed by atoms with E-state index in [0.717, 1.165) is 60.6 Å². The second kappa shape index (κ2) is 11.4. The molecular formula is C27H28N2O4. The monoisotopic (exact) mass is 444 g/mol. The first-order valence-corrected chi connectivity index (χ1v) is 11.2. The predicted molar refractivity (Wildman–Crippen MR) is 130 cm³/mol. The van der Waals surface area contributed by atoms with E-state index >= 15 is 0 Å². The van der Waals surface area contributed by atoms with Gasteiger partial charge in [-0.05, 0) is 52.9 Å². The summed E-state index contributed by atoms with van der Waals surface area (Å²) in [6.45, 7) is 4.88. The van der Waals surface area contributed by atoms with Crippen LogP contribution < -0.4 is 4.74 Å². The number of H-pyrrole nitrogens is 1. The standard InChI is InChI=1S/C27H28N2O4/c30-24(20-25(31)9-6-22-4-7-23-10-11-28-27(23)19-22)8-5-21-2-1-3-26(18-21)33-17-14-29-12-15-32-16-13-29/h1-11,18-19,28H,12-17,20H2. The number of hydrogen-bond acceptors (Lipinski definition) is 5. The molecule has 1 saturated heterocycles. The van der Waals surface area contributed by atoms with Crippen molar-refractivity contribution in [2.75, 3.05) is 39.5 Å². The topological polar surface area (TPSA) is 71.6 Å². The molecule has 0 atom stereocenters. The van der Waals surface area contributed by atoms with Gasteiger partial charge in [-0.1, -0.05) is 36.4 Å². The lowest BCUT2D eigenvalue weighted by molar-refractivity contribution is -0.121. The zero-order chi connectivity index (χ0) is 22.9. The van der Waals surface area contributed by atoms with Crippen molar-refractivity contribution in [1.29, 1.82) is 0 Å². The molecule has 2 aromatic carbocycles. The first-order valence-electron chi connectivity index (χ1n) is 11.2. The van der Waals surface area contributed by atoms with Crippen molar-refractivity contribution in [3.63, 3.8) is 0 Å². The lowest BCUT2D eigenvalue weighted by Gasteiger charge is -2.26. The Hall–Kier alpha value is -3.48. The molecule has 1 N–H and O–H groups in total. The average molecular weight is 445 g/mol. The summed E-state index contributed by atoms with van der Waals surface area (Å²) < 4.78 is 11.2. The minimum absolute atomic E-state index is 0.159. The van der Waals surface area contributed by atoms with Gasteiger partial charge in [0.25, 0.3) is 0 Å². The van der Waals surface area contributed by atoms with E-state index in [1.807, 2.05) is 54.7 Å². The van der Waals surface area contributed by atoms with Crippen LogP contribution in [-0.2, 0) is 14.3 Å². The molecule has 0 aliphatic carbocycles. The highest BCUT2D eigenvalue weighted by atomic mass is 16.5. The molecule has 6 nitrogen and oxygen atoms in total. The van der Waals surface area contributed by atoms with Crippen molar-refractivity contribution in [3.05, 3.63) is 78.0 Å². The van der Waals surface area contributed by atoms with E-state index in [4.69, 9.17) is 9.47 Å². The number of allylic oxidation sites excluding steroid dienone is 2. The summed E-state index contributed by atoms with van der Waals surface area (Å²) in [6.07, 6.45) is 8.07. The number of benzene rings is 2. The van der Waals surface area contributed by atoms with Crippen molar-refractivity contribution in [3.8, 4) is 5.75 Å². The van der Waals surface area contributed by atoms with Gasteiger partial charge in [0.1, 0.15) is 12.4 Å². The van der Waals surface area contributed by atoms with Crippen LogP contribution in [0.2, 0.25) is 0 Å². The number of ketones is 2. The van der Waals surface area contributed by atoms with Gasteiger partial charge in [-0.25, -0.2) is 0 Å². The second-order valence-electron chi connectivity index (χ2n) is 7.98. The van der Waals surface area contributed by atoms with Gasteiger partial charge in [-0.3, -0.25) is 14.5 Å². The number of morpholine rings is 1. The fourth-order valence-corrected chi connectivity index (χ4v) is 3.66. The molecule has 4 rings (SSSR count). The van der Waals surface area contributed by atoms with Crippen LogP contribution in [0.5, 0.6) is 5.75 Å². The maximum absolute atomic E-state index is 12.2. The number of carbonyl (C=O) groups is 2. The van der Waals surface area contributed by atoms with Crippen molar-refractivity contribution in [2.45, 2.75) is 6.42 Å². The highest BCUT2D eigenvalue weighted by Gasteiger charge is 2.10.